The molecule has 13 heavy (non-hydrogen) atoms. The summed E-state index contributed by atoms with van der Waals surface area (Å²) in [5, 5.41) is 0. The number of esters is 1. The minimum atomic E-state index is -0.205. The Labute approximate surface area is 95.7 Å². The molecule has 0 N–H and O–H groups in total. The van der Waals surface area contributed by atoms with Crippen molar-refractivity contribution in [3.05, 3.63) is 0 Å². The first-order valence-corrected chi connectivity index (χ1v) is 6.22. The fourth-order valence-electron chi connectivity index (χ4n) is 1.54. The molecule has 0 radical (unpaired) electrons. The van der Waals surface area contributed by atoms with E-state index in [-0.39, 0.29) is 10.3 Å². The Balaban J connectivity index is 2.46. The van der Waals surface area contributed by atoms with Crippen LogP contribution in [-0.4, -0.2) is 21.7 Å². The number of hydrogen-bond acceptors (Lipinski definition) is 2. The van der Waals surface area contributed by atoms with Crippen LogP contribution in [0.1, 0.15) is 32.6 Å². The van der Waals surface area contributed by atoms with Gasteiger partial charge in [0.1, 0.15) is 6.61 Å². The minimum absolute atomic E-state index is 0.0447. The second-order valence-corrected chi connectivity index (χ2v) is 6.21. The summed E-state index contributed by atoms with van der Waals surface area (Å²) >= 11 is 7.29. The Morgan fingerprint density at radius 1 is 1.62 bits per heavy atom. The SMILES string of the molecule is CC(=O)OCC1(Br)CCCCC1Br. The first kappa shape index (κ1) is 11.5. The Kier molecular flexibility index (Phi) is 4.23. The van der Waals surface area contributed by atoms with Gasteiger partial charge in [0, 0.05) is 11.8 Å². The molecular formula is C9H14Br2O2. The van der Waals surface area contributed by atoms with Gasteiger partial charge in [-0.1, -0.05) is 44.7 Å². The highest BCUT2D eigenvalue weighted by molar-refractivity contribution is 9.12. The van der Waals surface area contributed by atoms with Gasteiger partial charge < -0.3 is 4.74 Å². The topological polar surface area (TPSA) is 26.3 Å². The molecule has 76 valence electrons. The van der Waals surface area contributed by atoms with Gasteiger partial charge in [-0.15, -0.1) is 0 Å². The third-order valence-corrected chi connectivity index (χ3v) is 5.50. The number of alkyl halides is 2. The molecule has 1 aliphatic carbocycles. The van der Waals surface area contributed by atoms with Gasteiger partial charge in [0.2, 0.25) is 0 Å². The van der Waals surface area contributed by atoms with Gasteiger partial charge in [-0.25, -0.2) is 0 Å². The van der Waals surface area contributed by atoms with Crippen molar-refractivity contribution in [2.45, 2.75) is 41.8 Å². The quantitative estimate of drug-likeness (QED) is 0.578. The lowest BCUT2D eigenvalue weighted by Crippen LogP contribution is -2.40. The van der Waals surface area contributed by atoms with E-state index < -0.39 is 0 Å². The zero-order valence-electron chi connectivity index (χ0n) is 7.69. The maximum absolute atomic E-state index is 10.7. The van der Waals surface area contributed by atoms with Gasteiger partial charge in [0.05, 0.1) is 4.32 Å². The summed E-state index contributed by atoms with van der Waals surface area (Å²) in [5.41, 5.74) is 0. The minimum Gasteiger partial charge on any atom is -0.464 e. The Morgan fingerprint density at radius 2 is 2.31 bits per heavy atom. The standard InChI is InChI=1S/C9H14Br2O2/c1-7(12)13-6-9(11)5-3-2-4-8(9)10/h8H,2-6H2,1H3. The Hall–Kier alpha value is 0.430. The molecule has 0 saturated heterocycles. The summed E-state index contributed by atoms with van der Waals surface area (Å²) in [6, 6.07) is 0. The van der Waals surface area contributed by atoms with Crippen LogP contribution >= 0.6 is 31.9 Å². The van der Waals surface area contributed by atoms with Crippen LogP contribution in [-0.2, 0) is 9.53 Å². The van der Waals surface area contributed by atoms with Crippen LogP contribution in [0.5, 0.6) is 0 Å². The second-order valence-electron chi connectivity index (χ2n) is 3.53. The first-order valence-electron chi connectivity index (χ1n) is 4.51. The molecule has 0 bridgehead atoms. The molecule has 1 aliphatic rings. The molecule has 2 unspecified atom stereocenters. The average Bonchev–Trinajstić information content (AvgIpc) is 2.07. The largest absolute Gasteiger partial charge is 0.464 e. The van der Waals surface area contributed by atoms with Crippen LogP contribution in [0.25, 0.3) is 0 Å². The predicted molar refractivity (Wildman–Crippen MR) is 59.5 cm³/mol. The average molecular weight is 314 g/mol. The zero-order valence-corrected chi connectivity index (χ0v) is 10.9. The molecule has 0 aliphatic heterocycles. The highest BCUT2D eigenvalue weighted by Gasteiger charge is 2.37. The van der Waals surface area contributed by atoms with Gasteiger partial charge in [-0.05, 0) is 12.8 Å². The maximum atomic E-state index is 10.7. The van der Waals surface area contributed by atoms with Crippen LogP contribution in [0, 0.1) is 0 Å². The van der Waals surface area contributed by atoms with Gasteiger partial charge in [0.15, 0.2) is 0 Å². The number of hydrogen-bond donors (Lipinski definition) is 0. The van der Waals surface area contributed by atoms with E-state index in [2.05, 4.69) is 31.9 Å². The van der Waals surface area contributed by atoms with Crippen molar-refractivity contribution >= 4 is 37.8 Å². The number of carbonyl (C=O) groups excluding carboxylic acids is 1. The van der Waals surface area contributed by atoms with Gasteiger partial charge in [0.25, 0.3) is 0 Å². The van der Waals surface area contributed by atoms with E-state index in [1.165, 1.54) is 19.8 Å². The third-order valence-electron chi connectivity index (χ3n) is 2.38. The highest BCUT2D eigenvalue weighted by Crippen LogP contribution is 2.40. The third kappa shape index (κ3) is 3.24. The van der Waals surface area contributed by atoms with Crippen molar-refractivity contribution < 1.29 is 9.53 Å². The zero-order chi connectivity index (χ0) is 9.90. The van der Waals surface area contributed by atoms with E-state index in [1.807, 2.05) is 0 Å². The van der Waals surface area contributed by atoms with E-state index in [0.29, 0.717) is 11.4 Å². The molecule has 1 saturated carbocycles. The molecule has 1 fully saturated rings. The summed E-state index contributed by atoms with van der Waals surface area (Å²) < 4.78 is 4.99. The van der Waals surface area contributed by atoms with Gasteiger partial charge >= 0.3 is 5.97 Å². The fourth-order valence-corrected chi connectivity index (χ4v) is 2.85. The molecular weight excluding hydrogens is 300 g/mol. The van der Waals surface area contributed by atoms with E-state index in [0.717, 1.165) is 12.8 Å². The smallest absolute Gasteiger partial charge is 0.302 e. The van der Waals surface area contributed by atoms with Crippen LogP contribution in [0.4, 0.5) is 0 Å². The summed E-state index contributed by atoms with van der Waals surface area (Å²) in [7, 11) is 0. The van der Waals surface area contributed by atoms with E-state index in [9.17, 15) is 4.79 Å². The van der Waals surface area contributed by atoms with Crippen molar-refractivity contribution in [2.75, 3.05) is 6.61 Å². The van der Waals surface area contributed by atoms with E-state index in [1.54, 1.807) is 0 Å². The number of halogens is 2. The van der Waals surface area contributed by atoms with Crippen LogP contribution in [0.15, 0.2) is 0 Å². The van der Waals surface area contributed by atoms with E-state index in [4.69, 9.17) is 4.74 Å². The predicted octanol–water partition coefficient (Wildman–Crippen LogP) is 3.02. The lowest BCUT2D eigenvalue weighted by molar-refractivity contribution is -0.141. The van der Waals surface area contributed by atoms with Crippen molar-refractivity contribution in [2.24, 2.45) is 0 Å². The molecule has 4 heteroatoms. The van der Waals surface area contributed by atoms with E-state index >= 15 is 0 Å². The molecule has 0 heterocycles. The van der Waals surface area contributed by atoms with Gasteiger partial charge in [-0.2, -0.15) is 0 Å². The molecule has 0 spiro atoms. The number of carbonyl (C=O) groups is 1. The lowest BCUT2D eigenvalue weighted by atomic mass is 9.89. The molecule has 0 amide bonds. The molecule has 0 aromatic rings. The van der Waals surface area contributed by atoms with Gasteiger partial charge in [-0.3, -0.25) is 4.79 Å². The van der Waals surface area contributed by atoms with Crippen molar-refractivity contribution in [3.63, 3.8) is 0 Å². The molecule has 2 nitrogen and oxygen atoms in total. The highest BCUT2D eigenvalue weighted by atomic mass is 79.9. The van der Waals surface area contributed by atoms with Crippen LogP contribution in [0.3, 0.4) is 0 Å². The lowest BCUT2D eigenvalue weighted by Gasteiger charge is -2.35. The monoisotopic (exact) mass is 312 g/mol. The van der Waals surface area contributed by atoms with Crippen molar-refractivity contribution in [3.8, 4) is 0 Å². The molecule has 0 aromatic heterocycles. The molecule has 0 aromatic carbocycles. The normalized spacial score (nSPS) is 34.2. The van der Waals surface area contributed by atoms with Crippen LogP contribution in [0.2, 0.25) is 0 Å². The Morgan fingerprint density at radius 3 is 2.85 bits per heavy atom. The maximum Gasteiger partial charge on any atom is 0.302 e. The second kappa shape index (κ2) is 4.78. The first-order chi connectivity index (χ1) is 6.04. The Bertz CT molecular complexity index is 196. The summed E-state index contributed by atoms with van der Waals surface area (Å²) in [6.07, 6.45) is 4.67. The summed E-state index contributed by atoms with van der Waals surface area (Å²) in [6.45, 7) is 1.92. The number of ether oxygens (including phenoxy) is 1. The molecule has 2 atom stereocenters. The van der Waals surface area contributed by atoms with Crippen LogP contribution < -0.4 is 0 Å². The molecule has 1 rings (SSSR count). The summed E-state index contributed by atoms with van der Waals surface area (Å²) in [5.74, 6) is -0.205. The fraction of sp³-hybridized carbons (Fsp3) is 0.889. The van der Waals surface area contributed by atoms with Crippen molar-refractivity contribution in [1.29, 1.82) is 0 Å². The summed E-state index contributed by atoms with van der Waals surface area (Å²) in [4.78, 5) is 11.1. The van der Waals surface area contributed by atoms with Crippen molar-refractivity contribution in [1.82, 2.24) is 0 Å². The number of rotatable bonds is 2.